The Kier molecular flexibility index (Phi) is 2.63. The fourth-order valence-corrected chi connectivity index (χ4v) is 1.93. The van der Waals surface area contributed by atoms with Gasteiger partial charge in [-0.05, 0) is 33.3 Å². The molecule has 1 aliphatic rings. The molecule has 0 spiro atoms. The molecule has 2 atom stereocenters. The first kappa shape index (κ1) is 11.1. The summed E-state index contributed by atoms with van der Waals surface area (Å²) in [6.07, 6.45) is 1.73. The Balaban J connectivity index is 3.19. The van der Waals surface area contributed by atoms with E-state index < -0.39 is 17.4 Å². The predicted molar refractivity (Wildman–Crippen MR) is 54.7 cm³/mol. The van der Waals surface area contributed by atoms with Gasteiger partial charge in [0.2, 0.25) is 0 Å². The number of rotatable bonds is 1. The Hall–Kier alpha value is -0.960. The molecule has 0 heterocycles. The molecule has 3 heteroatoms. The second kappa shape index (κ2) is 3.31. The van der Waals surface area contributed by atoms with Crippen molar-refractivity contribution in [2.24, 2.45) is 17.1 Å². The molecule has 1 rings (SSSR count). The third kappa shape index (κ3) is 1.64. The lowest BCUT2D eigenvalue weighted by Gasteiger charge is -2.32. The van der Waals surface area contributed by atoms with E-state index in [0.29, 0.717) is 5.57 Å². The number of Topliss-reactive ketones (excluding diaryl/α,β-unsaturated/α-hetero) is 2. The smallest absolute Gasteiger partial charge is 0.170 e. The molecule has 0 saturated heterocycles. The molecular weight excluding hydrogens is 178 g/mol. The highest BCUT2D eigenvalue weighted by atomic mass is 16.2. The van der Waals surface area contributed by atoms with Crippen LogP contribution >= 0.6 is 0 Å². The highest BCUT2D eigenvalue weighted by molar-refractivity contribution is 6.15. The van der Waals surface area contributed by atoms with E-state index in [-0.39, 0.29) is 11.6 Å². The molecule has 78 valence electrons. The van der Waals surface area contributed by atoms with Crippen molar-refractivity contribution in [3.8, 4) is 0 Å². The molecule has 0 saturated carbocycles. The van der Waals surface area contributed by atoms with Crippen LogP contribution in [0.5, 0.6) is 0 Å². The number of hydrogen-bond donors (Lipinski definition) is 1. The van der Waals surface area contributed by atoms with Gasteiger partial charge in [-0.2, -0.15) is 0 Å². The Bertz CT molecular complexity index is 313. The molecule has 0 fully saturated rings. The van der Waals surface area contributed by atoms with Crippen LogP contribution in [-0.2, 0) is 9.59 Å². The van der Waals surface area contributed by atoms with Crippen LogP contribution in [0.15, 0.2) is 11.6 Å². The maximum Gasteiger partial charge on any atom is 0.170 e. The monoisotopic (exact) mass is 195 g/mol. The van der Waals surface area contributed by atoms with Crippen LogP contribution in [0.2, 0.25) is 0 Å². The Morgan fingerprint density at radius 3 is 2.36 bits per heavy atom. The third-order valence-electron chi connectivity index (χ3n) is 2.69. The van der Waals surface area contributed by atoms with E-state index in [1.165, 1.54) is 0 Å². The highest BCUT2D eigenvalue weighted by Crippen LogP contribution is 2.32. The second-order valence-electron chi connectivity index (χ2n) is 4.61. The lowest BCUT2D eigenvalue weighted by Crippen LogP contribution is -2.47. The van der Waals surface area contributed by atoms with Gasteiger partial charge >= 0.3 is 0 Å². The first-order valence-electron chi connectivity index (χ1n) is 4.81. The maximum atomic E-state index is 11.9. The van der Waals surface area contributed by atoms with Crippen molar-refractivity contribution in [2.45, 2.75) is 33.7 Å². The summed E-state index contributed by atoms with van der Waals surface area (Å²) >= 11 is 0. The molecule has 0 aromatic heterocycles. The van der Waals surface area contributed by atoms with Gasteiger partial charge in [-0.25, -0.2) is 0 Å². The van der Waals surface area contributed by atoms with E-state index in [4.69, 9.17) is 5.73 Å². The van der Waals surface area contributed by atoms with Crippen LogP contribution < -0.4 is 5.73 Å². The number of ketones is 2. The molecule has 0 bridgehead atoms. The highest BCUT2D eigenvalue weighted by Gasteiger charge is 2.42. The normalized spacial score (nSPS) is 28.6. The maximum absolute atomic E-state index is 11.9. The van der Waals surface area contributed by atoms with Crippen molar-refractivity contribution in [3.63, 3.8) is 0 Å². The van der Waals surface area contributed by atoms with Gasteiger partial charge in [0, 0.05) is 11.5 Å². The molecule has 0 amide bonds. The minimum Gasteiger partial charge on any atom is -0.327 e. The first-order valence-corrected chi connectivity index (χ1v) is 4.81. The van der Waals surface area contributed by atoms with Crippen molar-refractivity contribution in [1.82, 2.24) is 0 Å². The second-order valence-corrected chi connectivity index (χ2v) is 4.61. The van der Waals surface area contributed by atoms with Crippen molar-refractivity contribution in [2.75, 3.05) is 0 Å². The van der Waals surface area contributed by atoms with E-state index in [1.807, 2.05) is 13.8 Å². The van der Waals surface area contributed by atoms with Gasteiger partial charge < -0.3 is 5.73 Å². The van der Waals surface area contributed by atoms with Crippen LogP contribution in [0, 0.1) is 11.3 Å². The number of nitrogens with two attached hydrogens (primary N) is 1. The van der Waals surface area contributed by atoms with Crippen molar-refractivity contribution < 1.29 is 9.59 Å². The van der Waals surface area contributed by atoms with Crippen LogP contribution in [0.25, 0.3) is 0 Å². The van der Waals surface area contributed by atoms with Gasteiger partial charge in [-0.15, -0.1) is 0 Å². The van der Waals surface area contributed by atoms with Crippen molar-refractivity contribution >= 4 is 11.6 Å². The minimum absolute atomic E-state index is 0.0666. The third-order valence-corrected chi connectivity index (χ3v) is 2.69. The van der Waals surface area contributed by atoms with E-state index >= 15 is 0 Å². The lowest BCUT2D eigenvalue weighted by molar-refractivity contribution is -0.137. The fourth-order valence-electron chi connectivity index (χ4n) is 1.93. The molecule has 0 aromatic carbocycles. The standard InChI is InChI=1S/C11H17NO2/c1-6-5-11(3,4)10(14)8(7(2)12)9(6)13/h5,7-8H,12H2,1-4H3. The molecular formula is C11H17NO2. The molecule has 3 nitrogen and oxygen atoms in total. The van der Waals surface area contributed by atoms with Gasteiger partial charge in [0.25, 0.3) is 0 Å². The van der Waals surface area contributed by atoms with Gasteiger partial charge in [-0.1, -0.05) is 6.08 Å². The Labute approximate surface area is 84.4 Å². The van der Waals surface area contributed by atoms with E-state index in [2.05, 4.69) is 0 Å². The topological polar surface area (TPSA) is 60.2 Å². The van der Waals surface area contributed by atoms with E-state index in [0.717, 1.165) is 0 Å². The number of hydrogen-bond acceptors (Lipinski definition) is 3. The largest absolute Gasteiger partial charge is 0.327 e. The zero-order valence-electron chi connectivity index (χ0n) is 9.13. The molecule has 2 unspecified atom stereocenters. The SMILES string of the molecule is CC1=CC(C)(C)C(=O)C(C(C)N)C1=O. The summed E-state index contributed by atoms with van der Waals surface area (Å²) in [5.41, 5.74) is 5.75. The van der Waals surface area contributed by atoms with E-state index in [1.54, 1.807) is 19.9 Å². The van der Waals surface area contributed by atoms with Crippen LogP contribution in [-0.4, -0.2) is 17.6 Å². The van der Waals surface area contributed by atoms with Crippen LogP contribution in [0.1, 0.15) is 27.7 Å². The van der Waals surface area contributed by atoms with Gasteiger partial charge in [-0.3, -0.25) is 9.59 Å². The molecule has 0 aromatic rings. The number of carbonyl (C=O) groups excluding carboxylic acids is 2. The summed E-state index contributed by atoms with van der Waals surface area (Å²) < 4.78 is 0. The summed E-state index contributed by atoms with van der Waals surface area (Å²) in [5, 5.41) is 0. The fraction of sp³-hybridized carbons (Fsp3) is 0.636. The molecule has 14 heavy (non-hydrogen) atoms. The Morgan fingerprint density at radius 1 is 1.43 bits per heavy atom. The lowest BCUT2D eigenvalue weighted by atomic mass is 9.70. The summed E-state index contributed by atoms with van der Waals surface area (Å²) in [6, 6.07) is -0.405. The number of carbonyl (C=O) groups is 2. The molecule has 1 aliphatic carbocycles. The van der Waals surface area contributed by atoms with Crippen molar-refractivity contribution in [3.05, 3.63) is 11.6 Å². The quantitative estimate of drug-likeness (QED) is 0.637. The zero-order valence-corrected chi connectivity index (χ0v) is 9.13. The van der Waals surface area contributed by atoms with Crippen LogP contribution in [0.3, 0.4) is 0 Å². The molecule has 2 N–H and O–H groups in total. The van der Waals surface area contributed by atoms with E-state index in [9.17, 15) is 9.59 Å². The zero-order chi connectivity index (χ0) is 11.1. The molecule has 0 aliphatic heterocycles. The van der Waals surface area contributed by atoms with Gasteiger partial charge in [0.05, 0.1) is 5.92 Å². The number of allylic oxidation sites excluding steroid dienone is 2. The van der Waals surface area contributed by atoms with Crippen LogP contribution in [0.4, 0.5) is 0 Å². The summed E-state index contributed by atoms with van der Waals surface area (Å²) in [6.45, 7) is 7.09. The van der Waals surface area contributed by atoms with Gasteiger partial charge in [0.1, 0.15) is 0 Å². The minimum atomic E-state index is -0.657. The predicted octanol–water partition coefficient (Wildman–Crippen LogP) is 1.07. The van der Waals surface area contributed by atoms with Gasteiger partial charge in [0.15, 0.2) is 11.6 Å². The summed E-state index contributed by atoms with van der Waals surface area (Å²) in [7, 11) is 0. The molecule has 0 radical (unpaired) electrons. The summed E-state index contributed by atoms with van der Waals surface area (Å²) in [5.74, 6) is -0.845. The summed E-state index contributed by atoms with van der Waals surface area (Å²) in [4.78, 5) is 23.6. The average Bonchev–Trinajstić information content (AvgIpc) is 2.00. The average molecular weight is 195 g/mol. The van der Waals surface area contributed by atoms with Crippen molar-refractivity contribution in [1.29, 1.82) is 0 Å². The Morgan fingerprint density at radius 2 is 1.93 bits per heavy atom. The first-order chi connectivity index (χ1) is 6.27.